The highest BCUT2D eigenvalue weighted by molar-refractivity contribution is 6.55. The zero-order valence-corrected chi connectivity index (χ0v) is 13.3. The molecule has 0 bridgehead atoms. The Hall–Kier alpha value is -1.70. The van der Waals surface area contributed by atoms with Crippen LogP contribution in [0.25, 0.3) is 6.08 Å². The van der Waals surface area contributed by atoms with Crippen LogP contribution in [0.5, 0.6) is 0 Å². The summed E-state index contributed by atoms with van der Waals surface area (Å²) in [6, 6.07) is 3.08. The van der Waals surface area contributed by atoms with E-state index in [1.54, 1.807) is 12.1 Å². The molecule has 3 N–H and O–H groups in total. The summed E-state index contributed by atoms with van der Waals surface area (Å²) in [7, 11) is -0.612. The number of aromatic nitrogens is 1. The number of hydrogen-bond donors (Lipinski definition) is 2. The molecule has 1 saturated heterocycles. The molecule has 2 rings (SSSR count). The molecule has 0 atom stereocenters. The molecule has 2 heterocycles. The monoisotopic (exact) mass is 304 g/mol. The summed E-state index contributed by atoms with van der Waals surface area (Å²) < 4.78 is 11.9. The van der Waals surface area contributed by atoms with Crippen molar-refractivity contribution in [2.24, 2.45) is 5.73 Å². The van der Waals surface area contributed by atoms with Gasteiger partial charge in [0.25, 0.3) is 0 Å². The van der Waals surface area contributed by atoms with Crippen molar-refractivity contribution in [3.05, 3.63) is 35.1 Å². The van der Waals surface area contributed by atoms with Crippen LogP contribution < -0.4 is 5.73 Å². The van der Waals surface area contributed by atoms with Crippen LogP contribution in [0.3, 0.4) is 0 Å². The molecule has 0 radical (unpaired) electrons. The SMILES string of the molecule is CC1(C)OB(C(=Cc2ncccc2C(=O)O)CN)OC1(C)C. The molecule has 6 nitrogen and oxygen atoms in total. The molecule has 0 unspecified atom stereocenters. The lowest BCUT2D eigenvalue weighted by Crippen LogP contribution is -2.41. The third-order valence-corrected chi connectivity index (χ3v) is 4.18. The van der Waals surface area contributed by atoms with Crippen LogP contribution >= 0.6 is 0 Å². The fourth-order valence-corrected chi connectivity index (χ4v) is 2.11. The van der Waals surface area contributed by atoms with E-state index in [1.807, 2.05) is 27.7 Å². The molecule has 0 aliphatic carbocycles. The van der Waals surface area contributed by atoms with Gasteiger partial charge in [-0.05, 0) is 51.4 Å². The van der Waals surface area contributed by atoms with E-state index in [4.69, 9.17) is 15.0 Å². The van der Waals surface area contributed by atoms with Crippen LogP contribution in [-0.2, 0) is 9.31 Å². The zero-order valence-electron chi connectivity index (χ0n) is 13.3. The Balaban J connectivity index is 2.36. The largest absolute Gasteiger partial charge is 0.491 e. The number of nitrogens with zero attached hydrogens (tertiary/aromatic N) is 1. The molecule has 0 aromatic carbocycles. The Labute approximate surface area is 130 Å². The first-order valence-electron chi connectivity index (χ1n) is 7.12. The number of carboxylic acids is 1. The third kappa shape index (κ3) is 3.06. The van der Waals surface area contributed by atoms with Crippen LogP contribution in [0, 0.1) is 0 Å². The lowest BCUT2D eigenvalue weighted by atomic mass is 9.77. The number of nitrogens with two attached hydrogens (primary N) is 1. The molecule has 0 saturated carbocycles. The second-order valence-corrected chi connectivity index (χ2v) is 6.25. The van der Waals surface area contributed by atoms with Gasteiger partial charge in [-0.25, -0.2) is 4.79 Å². The van der Waals surface area contributed by atoms with Gasteiger partial charge < -0.3 is 20.1 Å². The van der Waals surface area contributed by atoms with Gasteiger partial charge in [0, 0.05) is 12.7 Å². The highest BCUT2D eigenvalue weighted by Gasteiger charge is 2.52. The fourth-order valence-electron chi connectivity index (χ4n) is 2.11. The van der Waals surface area contributed by atoms with Gasteiger partial charge in [-0.15, -0.1) is 0 Å². The summed E-state index contributed by atoms with van der Waals surface area (Å²) in [5, 5.41) is 9.22. The average Bonchev–Trinajstić information content (AvgIpc) is 2.64. The van der Waals surface area contributed by atoms with E-state index >= 15 is 0 Å². The van der Waals surface area contributed by atoms with Crippen molar-refractivity contribution < 1.29 is 19.2 Å². The summed E-state index contributed by atoms with van der Waals surface area (Å²) in [6.45, 7) is 7.98. The molecule has 0 spiro atoms. The van der Waals surface area contributed by atoms with Crippen molar-refractivity contribution >= 4 is 19.2 Å². The Kier molecular flexibility index (Phi) is 4.42. The number of pyridine rings is 1. The summed E-state index contributed by atoms with van der Waals surface area (Å²) in [6.07, 6.45) is 3.17. The van der Waals surface area contributed by atoms with E-state index in [9.17, 15) is 9.90 Å². The Morgan fingerprint density at radius 1 is 1.36 bits per heavy atom. The molecular weight excluding hydrogens is 283 g/mol. The number of rotatable bonds is 4. The van der Waals surface area contributed by atoms with Gasteiger partial charge in [0.15, 0.2) is 0 Å². The zero-order chi connectivity index (χ0) is 16.5. The van der Waals surface area contributed by atoms with E-state index < -0.39 is 24.3 Å². The van der Waals surface area contributed by atoms with Crippen molar-refractivity contribution in [1.29, 1.82) is 0 Å². The fraction of sp³-hybridized carbons (Fsp3) is 0.467. The van der Waals surface area contributed by atoms with Crippen molar-refractivity contribution in [2.75, 3.05) is 6.54 Å². The molecule has 1 aromatic rings. The van der Waals surface area contributed by atoms with Crippen LogP contribution in [-0.4, -0.2) is 40.9 Å². The van der Waals surface area contributed by atoms with E-state index in [1.165, 1.54) is 12.3 Å². The summed E-state index contributed by atoms with van der Waals surface area (Å²) in [5.74, 6) is -1.04. The molecule has 0 amide bonds. The number of carboxylic acid groups (broad SMARTS) is 1. The molecule has 1 fully saturated rings. The lowest BCUT2D eigenvalue weighted by Gasteiger charge is -2.32. The number of hydrogen-bond acceptors (Lipinski definition) is 5. The van der Waals surface area contributed by atoms with Crippen molar-refractivity contribution in [3.63, 3.8) is 0 Å². The predicted molar refractivity (Wildman–Crippen MR) is 84.3 cm³/mol. The van der Waals surface area contributed by atoms with Gasteiger partial charge in [0.2, 0.25) is 0 Å². The Bertz CT molecular complexity index is 597. The second-order valence-electron chi connectivity index (χ2n) is 6.25. The third-order valence-electron chi connectivity index (χ3n) is 4.18. The van der Waals surface area contributed by atoms with Crippen LogP contribution in [0.2, 0.25) is 0 Å². The van der Waals surface area contributed by atoms with Crippen molar-refractivity contribution in [1.82, 2.24) is 4.98 Å². The van der Waals surface area contributed by atoms with Crippen LogP contribution in [0.4, 0.5) is 0 Å². The van der Waals surface area contributed by atoms with Crippen LogP contribution in [0.15, 0.2) is 23.8 Å². The van der Waals surface area contributed by atoms with Gasteiger partial charge >= 0.3 is 13.1 Å². The predicted octanol–water partition coefficient (Wildman–Crippen LogP) is 1.75. The first kappa shape index (κ1) is 16.7. The molecule has 22 heavy (non-hydrogen) atoms. The average molecular weight is 304 g/mol. The normalized spacial score (nSPS) is 20.2. The molecule has 1 aliphatic heterocycles. The van der Waals surface area contributed by atoms with E-state index in [-0.39, 0.29) is 12.1 Å². The van der Waals surface area contributed by atoms with E-state index in [0.29, 0.717) is 11.2 Å². The Morgan fingerprint density at radius 2 is 1.95 bits per heavy atom. The van der Waals surface area contributed by atoms with E-state index in [2.05, 4.69) is 4.98 Å². The smallest absolute Gasteiger partial charge is 0.478 e. The first-order chi connectivity index (χ1) is 10.2. The van der Waals surface area contributed by atoms with E-state index in [0.717, 1.165) is 0 Å². The van der Waals surface area contributed by atoms with Crippen molar-refractivity contribution in [3.8, 4) is 0 Å². The number of carbonyl (C=O) groups is 1. The van der Waals surface area contributed by atoms with Gasteiger partial charge in [-0.1, -0.05) is 0 Å². The maximum Gasteiger partial charge on any atom is 0.491 e. The molecule has 118 valence electrons. The number of aromatic carboxylic acids is 1. The molecule has 1 aromatic heterocycles. The summed E-state index contributed by atoms with van der Waals surface area (Å²) in [5.41, 5.74) is 5.95. The minimum atomic E-state index is -1.04. The first-order valence-corrected chi connectivity index (χ1v) is 7.12. The van der Waals surface area contributed by atoms with Gasteiger partial charge in [0.05, 0.1) is 22.5 Å². The molecule has 1 aliphatic rings. The van der Waals surface area contributed by atoms with Gasteiger partial charge in [0.1, 0.15) is 0 Å². The Morgan fingerprint density at radius 3 is 2.45 bits per heavy atom. The summed E-state index contributed by atoms with van der Waals surface area (Å²) >= 11 is 0. The van der Waals surface area contributed by atoms with Crippen molar-refractivity contribution in [2.45, 2.75) is 38.9 Å². The highest BCUT2D eigenvalue weighted by atomic mass is 16.7. The summed E-state index contributed by atoms with van der Waals surface area (Å²) in [4.78, 5) is 15.4. The molecular formula is C15H21BN2O4. The van der Waals surface area contributed by atoms with Gasteiger partial charge in [-0.3, -0.25) is 4.98 Å². The maximum atomic E-state index is 11.3. The quantitative estimate of drug-likeness (QED) is 0.823. The lowest BCUT2D eigenvalue weighted by molar-refractivity contribution is 0.00578. The topological polar surface area (TPSA) is 94.7 Å². The minimum Gasteiger partial charge on any atom is -0.478 e. The standard InChI is InChI=1S/C15H21BN2O4/c1-14(2)15(3,4)22-16(21-14)10(9-17)8-12-11(13(19)20)6-5-7-18-12/h5-8H,9,17H2,1-4H3,(H,19,20). The van der Waals surface area contributed by atoms with Crippen LogP contribution in [0.1, 0.15) is 43.7 Å². The minimum absolute atomic E-state index is 0.116. The maximum absolute atomic E-state index is 11.3. The highest BCUT2D eigenvalue weighted by Crippen LogP contribution is 2.38. The second kappa shape index (κ2) is 5.83. The van der Waals surface area contributed by atoms with Gasteiger partial charge in [-0.2, -0.15) is 0 Å². The molecule has 7 heteroatoms.